The Morgan fingerprint density at radius 3 is 2.69 bits per heavy atom. The number of hydrogen-bond donors (Lipinski definition) is 0. The van der Waals surface area contributed by atoms with E-state index in [2.05, 4.69) is 34.1 Å². The highest BCUT2D eigenvalue weighted by atomic mass is 32.2. The van der Waals surface area contributed by atoms with Crippen LogP contribution in [0.1, 0.15) is 18.4 Å². The van der Waals surface area contributed by atoms with Crippen LogP contribution in [0.3, 0.4) is 0 Å². The minimum atomic E-state index is -3.10. The van der Waals surface area contributed by atoms with E-state index < -0.39 is 10.0 Å². The lowest BCUT2D eigenvalue weighted by atomic mass is 9.94. The average Bonchev–Trinajstić information content (AvgIpc) is 2.95. The van der Waals surface area contributed by atoms with Crippen molar-refractivity contribution in [1.29, 1.82) is 0 Å². The number of benzene rings is 1. The Bertz CT molecular complexity index is 733. The monoisotopic (exact) mass is 379 g/mol. The summed E-state index contributed by atoms with van der Waals surface area (Å²) < 4.78 is 31.2. The van der Waals surface area contributed by atoms with E-state index in [4.69, 9.17) is 4.74 Å². The van der Waals surface area contributed by atoms with Gasteiger partial charge >= 0.3 is 0 Å². The second-order valence-electron chi connectivity index (χ2n) is 7.88. The summed E-state index contributed by atoms with van der Waals surface area (Å²) in [7, 11) is -3.10. The molecule has 0 N–H and O–H groups in total. The number of fused-ring (bicyclic) bond motifs is 4. The molecule has 4 aliphatic heterocycles. The molecule has 0 aromatic heterocycles. The average molecular weight is 380 g/mol. The molecule has 7 heteroatoms. The maximum Gasteiger partial charge on any atom is 0.211 e. The molecule has 0 amide bonds. The lowest BCUT2D eigenvalue weighted by Crippen LogP contribution is -2.43. The molecule has 0 aliphatic carbocycles. The van der Waals surface area contributed by atoms with Crippen molar-refractivity contribution >= 4 is 15.7 Å². The van der Waals surface area contributed by atoms with Crippen molar-refractivity contribution in [2.75, 3.05) is 57.1 Å². The van der Waals surface area contributed by atoms with E-state index in [-0.39, 0.29) is 0 Å². The highest BCUT2D eigenvalue weighted by Gasteiger charge is 2.37. The number of rotatable bonds is 4. The zero-order chi connectivity index (χ0) is 18.1. The van der Waals surface area contributed by atoms with Gasteiger partial charge in [-0.3, -0.25) is 4.90 Å². The molecular weight excluding hydrogens is 350 g/mol. The SMILES string of the molecule is CS(=O)(=O)N1C[C@@H]2CC[C@H](C1)N(Cc1cccc(N3CCOCC3)c1)C2. The fourth-order valence-corrected chi connectivity index (χ4v) is 5.43. The van der Waals surface area contributed by atoms with E-state index in [9.17, 15) is 8.42 Å². The van der Waals surface area contributed by atoms with E-state index in [1.165, 1.54) is 17.5 Å². The summed E-state index contributed by atoms with van der Waals surface area (Å²) in [6, 6.07) is 9.12. The van der Waals surface area contributed by atoms with Crippen molar-refractivity contribution in [1.82, 2.24) is 9.21 Å². The first-order chi connectivity index (χ1) is 12.5. The standard InChI is InChI=1S/C19H29N3O3S/c1-26(23,24)22-14-17-5-6-19(15-22)21(13-17)12-16-3-2-4-18(11-16)20-7-9-25-10-8-20/h2-4,11,17,19H,5-10,12-15H2,1H3/t17-,19-/m1/s1. The summed E-state index contributed by atoms with van der Waals surface area (Å²) in [5.41, 5.74) is 2.58. The second-order valence-corrected chi connectivity index (χ2v) is 9.86. The van der Waals surface area contributed by atoms with Crippen LogP contribution in [0.5, 0.6) is 0 Å². The van der Waals surface area contributed by atoms with Gasteiger partial charge in [-0.1, -0.05) is 12.1 Å². The van der Waals surface area contributed by atoms with Crippen LogP contribution in [0.2, 0.25) is 0 Å². The molecule has 0 spiro atoms. The first kappa shape index (κ1) is 18.2. The lowest BCUT2D eigenvalue weighted by molar-refractivity contribution is 0.122. The highest BCUT2D eigenvalue weighted by Crippen LogP contribution is 2.30. The first-order valence-corrected chi connectivity index (χ1v) is 11.4. The van der Waals surface area contributed by atoms with Crippen molar-refractivity contribution in [2.24, 2.45) is 5.92 Å². The number of morpholine rings is 1. The minimum absolute atomic E-state index is 0.329. The highest BCUT2D eigenvalue weighted by molar-refractivity contribution is 7.88. The molecular formula is C19H29N3O3S. The molecule has 144 valence electrons. The van der Waals surface area contributed by atoms with Gasteiger partial charge in [-0.05, 0) is 36.5 Å². The van der Waals surface area contributed by atoms with Crippen LogP contribution in [-0.4, -0.2) is 75.9 Å². The molecule has 1 aromatic rings. The zero-order valence-electron chi connectivity index (χ0n) is 15.5. The summed E-state index contributed by atoms with van der Waals surface area (Å²) in [6.07, 6.45) is 3.58. The van der Waals surface area contributed by atoms with E-state index >= 15 is 0 Å². The van der Waals surface area contributed by atoms with Crippen molar-refractivity contribution in [2.45, 2.75) is 25.4 Å². The summed E-state index contributed by atoms with van der Waals surface area (Å²) in [6.45, 7) is 6.69. The zero-order valence-corrected chi connectivity index (χ0v) is 16.3. The number of hydrogen-bond acceptors (Lipinski definition) is 5. The van der Waals surface area contributed by atoms with Crippen LogP contribution < -0.4 is 4.90 Å². The van der Waals surface area contributed by atoms with Crippen LogP contribution in [0.15, 0.2) is 24.3 Å². The van der Waals surface area contributed by atoms with Crippen LogP contribution in [0.25, 0.3) is 0 Å². The van der Waals surface area contributed by atoms with Gasteiger partial charge in [-0.2, -0.15) is 0 Å². The van der Waals surface area contributed by atoms with Gasteiger partial charge in [0.15, 0.2) is 0 Å². The van der Waals surface area contributed by atoms with Gasteiger partial charge in [0, 0.05) is 51.0 Å². The molecule has 6 nitrogen and oxygen atoms in total. The third-order valence-electron chi connectivity index (χ3n) is 5.93. The molecule has 4 fully saturated rings. The second kappa shape index (κ2) is 7.46. The predicted octanol–water partition coefficient (Wildman–Crippen LogP) is 1.38. The molecule has 5 rings (SSSR count). The van der Waals surface area contributed by atoms with E-state index in [1.807, 2.05) is 0 Å². The van der Waals surface area contributed by atoms with Gasteiger partial charge in [-0.15, -0.1) is 0 Å². The molecule has 1 aromatic carbocycles. The molecule has 4 heterocycles. The van der Waals surface area contributed by atoms with Gasteiger partial charge < -0.3 is 9.64 Å². The van der Waals surface area contributed by atoms with Crippen LogP contribution in [-0.2, 0) is 21.3 Å². The minimum Gasteiger partial charge on any atom is -0.378 e. The summed E-state index contributed by atoms with van der Waals surface area (Å²) in [5, 5.41) is 0. The van der Waals surface area contributed by atoms with E-state index in [1.54, 1.807) is 4.31 Å². The molecule has 2 bridgehead atoms. The Labute approximate surface area is 156 Å². The number of piperidine rings is 1. The molecule has 0 unspecified atom stereocenters. The quantitative estimate of drug-likeness (QED) is 0.791. The van der Waals surface area contributed by atoms with Gasteiger partial charge in [0.1, 0.15) is 0 Å². The van der Waals surface area contributed by atoms with Crippen LogP contribution in [0, 0.1) is 5.92 Å². The fourth-order valence-electron chi connectivity index (χ4n) is 4.51. The number of anilines is 1. The third kappa shape index (κ3) is 4.06. The summed E-state index contributed by atoms with van der Waals surface area (Å²) in [5.74, 6) is 0.450. The van der Waals surface area contributed by atoms with Crippen molar-refractivity contribution in [3.8, 4) is 0 Å². The number of ether oxygens (including phenoxy) is 1. The van der Waals surface area contributed by atoms with Gasteiger partial charge in [-0.25, -0.2) is 12.7 Å². The molecule has 0 saturated carbocycles. The maximum atomic E-state index is 12.0. The van der Waals surface area contributed by atoms with Crippen molar-refractivity contribution in [3.63, 3.8) is 0 Å². The first-order valence-electron chi connectivity index (χ1n) is 9.60. The normalized spacial score (nSPS) is 28.3. The van der Waals surface area contributed by atoms with Crippen LogP contribution in [0.4, 0.5) is 5.69 Å². The third-order valence-corrected chi connectivity index (χ3v) is 7.17. The Balaban J connectivity index is 1.47. The molecule has 0 radical (unpaired) electrons. The Hall–Kier alpha value is -1.15. The van der Waals surface area contributed by atoms with Gasteiger partial charge in [0.25, 0.3) is 0 Å². The molecule has 26 heavy (non-hydrogen) atoms. The molecule has 2 atom stereocenters. The number of sulfonamides is 1. The summed E-state index contributed by atoms with van der Waals surface area (Å²) in [4.78, 5) is 4.88. The Morgan fingerprint density at radius 2 is 1.92 bits per heavy atom. The summed E-state index contributed by atoms with van der Waals surface area (Å²) >= 11 is 0. The van der Waals surface area contributed by atoms with Gasteiger partial charge in [0.05, 0.1) is 19.5 Å². The van der Waals surface area contributed by atoms with E-state index in [0.717, 1.165) is 52.2 Å². The fraction of sp³-hybridized carbons (Fsp3) is 0.684. The molecule has 4 saturated heterocycles. The van der Waals surface area contributed by atoms with E-state index in [0.29, 0.717) is 25.0 Å². The Morgan fingerprint density at radius 1 is 1.12 bits per heavy atom. The van der Waals surface area contributed by atoms with Crippen molar-refractivity contribution in [3.05, 3.63) is 29.8 Å². The predicted molar refractivity (Wildman–Crippen MR) is 103 cm³/mol. The van der Waals surface area contributed by atoms with Gasteiger partial charge in [0.2, 0.25) is 10.0 Å². The lowest BCUT2D eigenvalue weighted by Gasteiger charge is -2.36. The van der Waals surface area contributed by atoms with Crippen LogP contribution >= 0.6 is 0 Å². The molecule has 4 aliphatic rings. The topological polar surface area (TPSA) is 53.1 Å². The smallest absolute Gasteiger partial charge is 0.211 e. The Kier molecular flexibility index (Phi) is 5.23. The van der Waals surface area contributed by atoms with Crippen molar-refractivity contribution < 1.29 is 13.2 Å². The maximum absolute atomic E-state index is 12.0. The number of nitrogens with zero attached hydrogens (tertiary/aromatic N) is 3. The largest absolute Gasteiger partial charge is 0.378 e.